The molecule has 120 valence electrons. The zero-order chi connectivity index (χ0) is 17.1. The molecule has 0 unspecified atom stereocenters. The maximum Gasteiger partial charge on any atom is 0.257 e. The molecule has 0 saturated heterocycles. The lowest BCUT2D eigenvalue weighted by atomic mass is 10.2. The zero-order valence-electron chi connectivity index (χ0n) is 13.3. The van der Waals surface area contributed by atoms with Crippen LogP contribution in [0.25, 0.3) is 23.9 Å². The van der Waals surface area contributed by atoms with Crippen molar-refractivity contribution in [2.45, 2.75) is 0 Å². The van der Waals surface area contributed by atoms with Gasteiger partial charge < -0.3 is 9.88 Å². The van der Waals surface area contributed by atoms with E-state index in [-0.39, 0.29) is 5.56 Å². The van der Waals surface area contributed by atoms with Gasteiger partial charge in [0, 0.05) is 23.5 Å². The number of benzene rings is 1. The highest BCUT2D eigenvalue weighted by molar-refractivity contribution is 7.14. The lowest BCUT2D eigenvalue weighted by Gasteiger charge is -2.15. The van der Waals surface area contributed by atoms with Crippen molar-refractivity contribution in [1.82, 2.24) is 9.97 Å². The van der Waals surface area contributed by atoms with E-state index in [2.05, 4.69) is 23.1 Å². The molecule has 0 atom stereocenters. The summed E-state index contributed by atoms with van der Waals surface area (Å²) < 4.78 is 0. The summed E-state index contributed by atoms with van der Waals surface area (Å²) in [6.45, 7) is 7.53. The van der Waals surface area contributed by atoms with Gasteiger partial charge in [0.2, 0.25) is 0 Å². The molecule has 2 aromatic heterocycles. The minimum Gasteiger partial charge on any atom is -0.322 e. The highest BCUT2D eigenvalue weighted by atomic mass is 32.1. The number of aromatic nitrogens is 2. The van der Waals surface area contributed by atoms with Crippen molar-refractivity contribution in [1.29, 1.82) is 0 Å². The van der Waals surface area contributed by atoms with Crippen molar-refractivity contribution in [3.63, 3.8) is 0 Å². The molecule has 3 aromatic rings. The van der Waals surface area contributed by atoms with Gasteiger partial charge in [-0.25, -0.2) is 4.98 Å². The number of para-hydroxylation sites is 1. The number of pyridine rings is 1. The van der Waals surface area contributed by atoms with Gasteiger partial charge in [-0.15, -0.1) is 11.3 Å². The van der Waals surface area contributed by atoms with Gasteiger partial charge in [-0.05, 0) is 23.4 Å². The minimum absolute atomic E-state index is 0.194. The van der Waals surface area contributed by atoms with Crippen molar-refractivity contribution < 1.29 is 0 Å². The van der Waals surface area contributed by atoms with Crippen LogP contribution >= 0.6 is 11.3 Å². The lowest BCUT2D eigenvalue weighted by Crippen LogP contribution is -2.33. The maximum atomic E-state index is 12.3. The normalized spacial score (nSPS) is 11.5. The third kappa shape index (κ3) is 3.07. The van der Waals surface area contributed by atoms with Crippen LogP contribution in [-0.4, -0.2) is 17.0 Å². The minimum atomic E-state index is -0.194. The molecule has 0 aliphatic rings. The smallest absolute Gasteiger partial charge is 0.257 e. The monoisotopic (exact) mass is 335 g/mol. The summed E-state index contributed by atoms with van der Waals surface area (Å²) in [6, 6.07) is 11.8. The van der Waals surface area contributed by atoms with Crippen LogP contribution in [0.3, 0.4) is 0 Å². The van der Waals surface area contributed by atoms with Crippen molar-refractivity contribution in [2.24, 2.45) is 0 Å². The second-order valence-corrected chi connectivity index (χ2v) is 6.09. The summed E-state index contributed by atoms with van der Waals surface area (Å²) in [4.78, 5) is 21.6. The number of rotatable bonds is 4. The fourth-order valence-corrected chi connectivity index (χ4v) is 3.17. The van der Waals surface area contributed by atoms with Crippen LogP contribution in [0, 0.1) is 0 Å². The van der Waals surface area contributed by atoms with Crippen LogP contribution in [0.4, 0.5) is 10.8 Å². The number of hydrogen-bond donors (Lipinski definition) is 1. The van der Waals surface area contributed by atoms with Gasteiger partial charge >= 0.3 is 0 Å². The maximum absolute atomic E-state index is 12.3. The summed E-state index contributed by atoms with van der Waals surface area (Å²) in [7, 11) is 1.96. The van der Waals surface area contributed by atoms with Crippen LogP contribution in [0.2, 0.25) is 0 Å². The second-order valence-electron chi connectivity index (χ2n) is 5.26. The second kappa shape index (κ2) is 6.68. The van der Waals surface area contributed by atoms with E-state index in [9.17, 15) is 4.79 Å². The van der Waals surface area contributed by atoms with Crippen LogP contribution in [0.15, 0.2) is 59.2 Å². The first-order valence-electron chi connectivity index (χ1n) is 7.40. The Hall–Kier alpha value is -2.92. The summed E-state index contributed by atoms with van der Waals surface area (Å²) in [5.41, 5.74) is 2.03. The average Bonchev–Trinajstić information content (AvgIpc) is 3.07. The largest absolute Gasteiger partial charge is 0.322 e. The summed E-state index contributed by atoms with van der Waals surface area (Å²) in [5, 5.41) is 4.11. The number of anilines is 2. The van der Waals surface area contributed by atoms with Gasteiger partial charge in [-0.2, -0.15) is 0 Å². The van der Waals surface area contributed by atoms with Crippen LogP contribution < -0.4 is 21.0 Å². The van der Waals surface area contributed by atoms with Crippen molar-refractivity contribution >= 4 is 34.8 Å². The average molecular weight is 335 g/mol. The van der Waals surface area contributed by atoms with Crippen LogP contribution in [0.5, 0.6) is 0 Å². The van der Waals surface area contributed by atoms with E-state index in [1.807, 2.05) is 53.7 Å². The van der Waals surface area contributed by atoms with Gasteiger partial charge in [0.15, 0.2) is 5.13 Å². The molecular formula is C19H17N3OS. The molecule has 0 fully saturated rings. The molecule has 0 amide bonds. The summed E-state index contributed by atoms with van der Waals surface area (Å²) in [6.07, 6.45) is 3.48. The van der Waals surface area contributed by atoms with Crippen LogP contribution in [0.1, 0.15) is 0 Å². The fourth-order valence-electron chi connectivity index (χ4n) is 2.35. The standard InChI is InChI=1S/C19H17N3OS/c1-4-8-14-11-16(18(23)20-13(14)2)17-12-24-19(21-17)22(3)15-9-6-5-7-10-15/h4-12H,1-2H2,3H3,(H,20,23)/b14-8-. The molecule has 4 nitrogen and oxygen atoms in total. The third-order valence-electron chi connectivity index (χ3n) is 3.65. The summed E-state index contributed by atoms with van der Waals surface area (Å²) >= 11 is 1.50. The molecule has 3 rings (SSSR count). The quantitative estimate of drug-likeness (QED) is 0.797. The van der Waals surface area contributed by atoms with Gasteiger partial charge in [-0.3, -0.25) is 4.79 Å². The number of nitrogens with one attached hydrogen (secondary N) is 1. The van der Waals surface area contributed by atoms with Gasteiger partial charge in [0.25, 0.3) is 5.56 Å². The Kier molecular flexibility index (Phi) is 4.44. The highest BCUT2D eigenvalue weighted by Crippen LogP contribution is 2.29. The first-order chi connectivity index (χ1) is 11.6. The number of nitrogens with zero attached hydrogens (tertiary/aromatic N) is 2. The van der Waals surface area contributed by atoms with Gasteiger partial charge in [-0.1, -0.05) is 43.5 Å². The molecule has 0 spiro atoms. The Morgan fingerprint density at radius 3 is 2.75 bits per heavy atom. The van der Waals surface area contributed by atoms with Crippen molar-refractivity contribution in [3.05, 3.63) is 75.4 Å². The number of H-pyrrole nitrogens is 1. The molecule has 1 N–H and O–H groups in total. The number of thiazole rings is 1. The molecule has 1 aromatic carbocycles. The van der Waals surface area contributed by atoms with Crippen LogP contribution in [-0.2, 0) is 0 Å². The van der Waals surface area contributed by atoms with E-state index in [0.717, 1.165) is 16.0 Å². The first-order valence-corrected chi connectivity index (χ1v) is 8.28. The molecule has 0 bridgehead atoms. The zero-order valence-corrected chi connectivity index (χ0v) is 14.1. The predicted molar refractivity (Wildman–Crippen MR) is 102 cm³/mol. The van der Waals surface area contributed by atoms with E-state index in [1.165, 1.54) is 11.3 Å². The Morgan fingerprint density at radius 1 is 1.29 bits per heavy atom. The Morgan fingerprint density at radius 2 is 2.04 bits per heavy atom. The molecule has 0 aliphatic carbocycles. The molecule has 2 heterocycles. The number of allylic oxidation sites excluding steroid dienone is 1. The van der Waals surface area contributed by atoms with E-state index in [4.69, 9.17) is 0 Å². The fraction of sp³-hybridized carbons (Fsp3) is 0.0526. The van der Waals surface area contributed by atoms with Crippen molar-refractivity contribution in [2.75, 3.05) is 11.9 Å². The SMILES string of the molecule is C=C/C=c1/cc(-c2csc(N(C)c3ccccc3)n2)c(=O)[nH]c1=C. The van der Waals surface area contributed by atoms with E-state index in [0.29, 0.717) is 16.6 Å². The third-order valence-corrected chi connectivity index (χ3v) is 4.57. The van der Waals surface area contributed by atoms with E-state index >= 15 is 0 Å². The van der Waals surface area contributed by atoms with Gasteiger partial charge in [0.05, 0.1) is 11.3 Å². The Balaban J connectivity index is 2.04. The predicted octanol–water partition coefficient (Wildman–Crippen LogP) is 2.64. The Bertz CT molecular complexity index is 1030. The molecule has 5 heteroatoms. The van der Waals surface area contributed by atoms with Crippen molar-refractivity contribution in [3.8, 4) is 11.3 Å². The van der Waals surface area contributed by atoms with E-state index < -0.39 is 0 Å². The number of hydrogen-bond acceptors (Lipinski definition) is 4. The molecular weight excluding hydrogens is 318 g/mol. The summed E-state index contributed by atoms with van der Waals surface area (Å²) in [5.74, 6) is 0. The van der Waals surface area contributed by atoms with E-state index in [1.54, 1.807) is 12.1 Å². The van der Waals surface area contributed by atoms with Gasteiger partial charge in [0.1, 0.15) is 0 Å². The Labute approximate surface area is 143 Å². The first kappa shape index (κ1) is 16.0. The molecule has 24 heavy (non-hydrogen) atoms. The topological polar surface area (TPSA) is 49.0 Å². The highest BCUT2D eigenvalue weighted by Gasteiger charge is 2.12. The lowest BCUT2D eigenvalue weighted by molar-refractivity contribution is 1.14. The molecule has 0 radical (unpaired) electrons. The number of aromatic amines is 1. The molecule has 0 aliphatic heterocycles. The molecule has 0 saturated carbocycles.